The minimum absolute atomic E-state index is 0.530. The zero-order chi connectivity index (χ0) is 16.3. The van der Waals surface area contributed by atoms with Gasteiger partial charge in [0.25, 0.3) is 5.91 Å². The summed E-state index contributed by atoms with van der Waals surface area (Å²) in [6, 6.07) is 1.85. The van der Waals surface area contributed by atoms with E-state index in [1.165, 1.54) is 0 Å². The van der Waals surface area contributed by atoms with Gasteiger partial charge in [-0.05, 0) is 37.5 Å². The number of hydrogen-bond donors (Lipinski definition) is 1. The minimum atomic E-state index is -4.61. The molecule has 0 radical (unpaired) electrons. The van der Waals surface area contributed by atoms with E-state index in [-0.39, 0.29) is 0 Å². The molecule has 0 unspecified atom stereocenters. The van der Waals surface area contributed by atoms with Crippen LogP contribution in [0.2, 0.25) is 0 Å². The molecule has 0 saturated heterocycles. The van der Waals surface area contributed by atoms with Gasteiger partial charge in [0.1, 0.15) is 5.82 Å². The fourth-order valence-electron chi connectivity index (χ4n) is 2.20. The van der Waals surface area contributed by atoms with Crippen molar-refractivity contribution in [3.8, 4) is 0 Å². The number of alkyl halides is 3. The Morgan fingerprint density at radius 2 is 1.62 bits per heavy atom. The van der Waals surface area contributed by atoms with E-state index in [1.54, 1.807) is 0 Å². The van der Waals surface area contributed by atoms with Crippen molar-refractivity contribution in [1.82, 2.24) is 5.32 Å². The number of benzene rings is 1. The highest BCUT2D eigenvalue weighted by molar-refractivity contribution is 5.95. The molecule has 0 bridgehead atoms. The lowest BCUT2D eigenvalue weighted by molar-refractivity contribution is -0.137. The van der Waals surface area contributed by atoms with Gasteiger partial charge in [0.2, 0.25) is 0 Å². The van der Waals surface area contributed by atoms with Crippen LogP contribution in [0.25, 0.3) is 0 Å². The maximum absolute atomic E-state index is 13.7. The van der Waals surface area contributed by atoms with Crippen LogP contribution in [0.15, 0.2) is 18.2 Å². The van der Waals surface area contributed by atoms with Gasteiger partial charge in [-0.3, -0.25) is 4.79 Å². The van der Waals surface area contributed by atoms with Gasteiger partial charge in [-0.2, -0.15) is 13.2 Å². The monoisotopic (exact) mass is 305 g/mol. The van der Waals surface area contributed by atoms with Crippen LogP contribution in [0.3, 0.4) is 0 Å². The second-order valence-electron chi connectivity index (χ2n) is 4.99. The van der Waals surface area contributed by atoms with Crippen LogP contribution in [0, 0.1) is 5.82 Å². The predicted molar refractivity (Wildman–Crippen MR) is 72.5 cm³/mol. The second-order valence-corrected chi connectivity index (χ2v) is 4.99. The van der Waals surface area contributed by atoms with E-state index in [0.29, 0.717) is 37.5 Å². The van der Waals surface area contributed by atoms with Crippen LogP contribution in [0.1, 0.15) is 56.0 Å². The predicted octanol–water partition coefficient (Wildman–Crippen LogP) is 4.54. The number of rotatable bonds is 5. The standard InChI is InChI=1S/C15H19F4NO/c1-4-14(5-2,6-3)20-13(21)11-9-10(15(17,18)19)7-8-12(11)16/h7-9H,4-6H2,1-3H3,(H,20,21). The number of amides is 1. The normalized spacial score (nSPS) is 12.3. The van der Waals surface area contributed by atoms with E-state index in [4.69, 9.17) is 0 Å². The molecule has 118 valence electrons. The van der Waals surface area contributed by atoms with Crippen LogP contribution < -0.4 is 5.32 Å². The largest absolute Gasteiger partial charge is 0.416 e. The maximum atomic E-state index is 13.7. The van der Waals surface area contributed by atoms with E-state index < -0.39 is 34.6 Å². The lowest BCUT2D eigenvalue weighted by Gasteiger charge is -2.32. The summed E-state index contributed by atoms with van der Waals surface area (Å²) in [5.41, 5.74) is -2.15. The third-order valence-corrected chi connectivity index (χ3v) is 3.95. The summed E-state index contributed by atoms with van der Waals surface area (Å²) in [6.07, 6.45) is -2.76. The van der Waals surface area contributed by atoms with Crippen LogP contribution in [0.4, 0.5) is 17.6 Å². The smallest absolute Gasteiger partial charge is 0.347 e. The van der Waals surface area contributed by atoms with Crippen molar-refractivity contribution in [2.75, 3.05) is 0 Å². The summed E-state index contributed by atoms with van der Waals surface area (Å²) in [7, 11) is 0. The van der Waals surface area contributed by atoms with Crippen LogP contribution in [-0.4, -0.2) is 11.4 Å². The average molecular weight is 305 g/mol. The molecule has 2 nitrogen and oxygen atoms in total. The lowest BCUT2D eigenvalue weighted by atomic mass is 9.89. The maximum Gasteiger partial charge on any atom is 0.416 e. The molecule has 0 spiro atoms. The fraction of sp³-hybridized carbons (Fsp3) is 0.533. The highest BCUT2D eigenvalue weighted by Gasteiger charge is 2.33. The topological polar surface area (TPSA) is 29.1 Å². The molecule has 1 amide bonds. The molecule has 1 rings (SSSR count). The van der Waals surface area contributed by atoms with Crippen molar-refractivity contribution in [1.29, 1.82) is 0 Å². The van der Waals surface area contributed by atoms with Gasteiger partial charge < -0.3 is 5.32 Å². The molecule has 1 N–H and O–H groups in total. The molecule has 0 heterocycles. The number of carbonyl (C=O) groups excluding carboxylic acids is 1. The average Bonchev–Trinajstić information content (AvgIpc) is 2.44. The van der Waals surface area contributed by atoms with Crippen molar-refractivity contribution in [3.05, 3.63) is 35.1 Å². The Morgan fingerprint density at radius 3 is 2.05 bits per heavy atom. The Labute approximate surface area is 121 Å². The molecule has 0 aromatic heterocycles. The Balaban J connectivity index is 3.13. The zero-order valence-electron chi connectivity index (χ0n) is 12.3. The molecule has 6 heteroatoms. The zero-order valence-corrected chi connectivity index (χ0v) is 12.3. The van der Waals surface area contributed by atoms with Gasteiger partial charge in [0.05, 0.1) is 11.1 Å². The quantitative estimate of drug-likeness (QED) is 0.795. The van der Waals surface area contributed by atoms with Gasteiger partial charge >= 0.3 is 6.18 Å². The summed E-state index contributed by atoms with van der Waals surface area (Å²) in [5, 5.41) is 2.67. The first-order chi connectivity index (χ1) is 9.69. The van der Waals surface area contributed by atoms with Crippen molar-refractivity contribution < 1.29 is 22.4 Å². The Kier molecular flexibility index (Phi) is 5.36. The highest BCUT2D eigenvalue weighted by atomic mass is 19.4. The summed E-state index contributed by atoms with van der Waals surface area (Å²) in [4.78, 5) is 12.1. The highest BCUT2D eigenvalue weighted by Crippen LogP contribution is 2.30. The molecule has 0 saturated carbocycles. The Hall–Kier alpha value is -1.59. The number of carbonyl (C=O) groups is 1. The number of nitrogens with one attached hydrogen (secondary N) is 1. The molecule has 1 aromatic rings. The molecule has 0 aliphatic carbocycles. The van der Waals surface area contributed by atoms with E-state index >= 15 is 0 Å². The van der Waals surface area contributed by atoms with Crippen molar-refractivity contribution in [3.63, 3.8) is 0 Å². The van der Waals surface area contributed by atoms with Gasteiger partial charge in [-0.15, -0.1) is 0 Å². The molecule has 0 aliphatic rings. The van der Waals surface area contributed by atoms with E-state index in [1.807, 2.05) is 20.8 Å². The molecule has 0 atom stereocenters. The van der Waals surface area contributed by atoms with Crippen molar-refractivity contribution in [2.24, 2.45) is 0 Å². The molecule has 0 fully saturated rings. The van der Waals surface area contributed by atoms with Crippen molar-refractivity contribution >= 4 is 5.91 Å². The number of halogens is 4. The first-order valence-corrected chi connectivity index (χ1v) is 6.88. The molecular formula is C15H19F4NO. The molecule has 0 aliphatic heterocycles. The lowest BCUT2D eigenvalue weighted by Crippen LogP contribution is -2.47. The third-order valence-electron chi connectivity index (χ3n) is 3.95. The van der Waals surface area contributed by atoms with Crippen LogP contribution >= 0.6 is 0 Å². The van der Waals surface area contributed by atoms with Gasteiger partial charge in [-0.1, -0.05) is 20.8 Å². The summed E-state index contributed by atoms with van der Waals surface area (Å²) < 4.78 is 51.6. The van der Waals surface area contributed by atoms with E-state index in [2.05, 4.69) is 5.32 Å². The van der Waals surface area contributed by atoms with Crippen LogP contribution in [-0.2, 0) is 6.18 Å². The first kappa shape index (κ1) is 17.5. The Morgan fingerprint density at radius 1 is 1.10 bits per heavy atom. The van der Waals surface area contributed by atoms with E-state index in [0.717, 1.165) is 0 Å². The van der Waals surface area contributed by atoms with Gasteiger partial charge in [0, 0.05) is 5.54 Å². The summed E-state index contributed by atoms with van der Waals surface area (Å²) >= 11 is 0. The van der Waals surface area contributed by atoms with Gasteiger partial charge in [0.15, 0.2) is 0 Å². The van der Waals surface area contributed by atoms with Crippen molar-refractivity contribution in [2.45, 2.75) is 51.7 Å². The summed E-state index contributed by atoms with van der Waals surface area (Å²) in [6.45, 7) is 5.61. The number of hydrogen-bond acceptors (Lipinski definition) is 1. The van der Waals surface area contributed by atoms with Crippen LogP contribution in [0.5, 0.6) is 0 Å². The molecule has 21 heavy (non-hydrogen) atoms. The SMILES string of the molecule is CCC(CC)(CC)NC(=O)c1cc(C(F)(F)F)ccc1F. The minimum Gasteiger partial charge on any atom is -0.347 e. The Bertz CT molecular complexity index is 499. The molecule has 1 aromatic carbocycles. The first-order valence-electron chi connectivity index (χ1n) is 6.88. The fourth-order valence-corrected chi connectivity index (χ4v) is 2.20. The van der Waals surface area contributed by atoms with Gasteiger partial charge in [-0.25, -0.2) is 4.39 Å². The molecular weight excluding hydrogens is 286 g/mol. The third kappa shape index (κ3) is 3.95. The second kappa shape index (κ2) is 6.45. The summed E-state index contributed by atoms with van der Waals surface area (Å²) in [5.74, 6) is -1.78. The van der Waals surface area contributed by atoms with E-state index in [9.17, 15) is 22.4 Å².